The SMILES string of the molecule is C=CCCCCCCCc1ccc(C(=O)O)cc1. The first kappa shape index (κ1) is 14.5. The third kappa shape index (κ3) is 5.67. The molecule has 98 valence electrons. The third-order valence-electron chi connectivity index (χ3n) is 3.07. The van der Waals surface area contributed by atoms with Crippen molar-refractivity contribution in [3.8, 4) is 0 Å². The number of benzene rings is 1. The van der Waals surface area contributed by atoms with E-state index in [0.717, 1.165) is 12.8 Å². The zero-order valence-corrected chi connectivity index (χ0v) is 10.9. The van der Waals surface area contributed by atoms with Crippen LogP contribution in [0.1, 0.15) is 54.4 Å². The maximum atomic E-state index is 10.7. The summed E-state index contributed by atoms with van der Waals surface area (Å²) < 4.78 is 0. The molecule has 1 rings (SSSR count). The highest BCUT2D eigenvalue weighted by atomic mass is 16.4. The fourth-order valence-corrected chi connectivity index (χ4v) is 1.96. The van der Waals surface area contributed by atoms with E-state index < -0.39 is 5.97 Å². The molecule has 0 amide bonds. The van der Waals surface area contributed by atoms with Crippen LogP contribution >= 0.6 is 0 Å². The highest BCUT2D eigenvalue weighted by Crippen LogP contribution is 2.11. The third-order valence-corrected chi connectivity index (χ3v) is 3.07. The molecule has 0 bridgehead atoms. The van der Waals surface area contributed by atoms with Crippen molar-refractivity contribution in [1.29, 1.82) is 0 Å². The Bertz CT molecular complexity index is 365. The van der Waals surface area contributed by atoms with Gasteiger partial charge in [-0.3, -0.25) is 0 Å². The molecule has 2 heteroatoms. The van der Waals surface area contributed by atoms with Crippen LogP contribution in [0.4, 0.5) is 0 Å². The van der Waals surface area contributed by atoms with Gasteiger partial charge in [0.05, 0.1) is 5.56 Å². The van der Waals surface area contributed by atoms with Gasteiger partial charge < -0.3 is 5.11 Å². The van der Waals surface area contributed by atoms with Gasteiger partial charge in [0, 0.05) is 0 Å². The number of rotatable bonds is 9. The standard InChI is InChI=1S/C16H22O2/c1-2-3-4-5-6-7-8-9-14-10-12-15(13-11-14)16(17)18/h2,10-13H,1,3-9H2,(H,17,18). The molecule has 0 unspecified atom stereocenters. The fourth-order valence-electron chi connectivity index (χ4n) is 1.96. The van der Waals surface area contributed by atoms with Crippen molar-refractivity contribution in [3.05, 3.63) is 48.0 Å². The second-order valence-electron chi connectivity index (χ2n) is 4.60. The summed E-state index contributed by atoms with van der Waals surface area (Å²) in [7, 11) is 0. The van der Waals surface area contributed by atoms with E-state index in [9.17, 15) is 4.79 Å². The summed E-state index contributed by atoms with van der Waals surface area (Å²) in [5.74, 6) is -0.858. The van der Waals surface area contributed by atoms with Gasteiger partial charge in [0.2, 0.25) is 0 Å². The van der Waals surface area contributed by atoms with Crippen molar-refractivity contribution in [2.24, 2.45) is 0 Å². The first-order valence-corrected chi connectivity index (χ1v) is 6.67. The normalized spacial score (nSPS) is 10.2. The van der Waals surface area contributed by atoms with Crippen molar-refractivity contribution in [2.75, 3.05) is 0 Å². The van der Waals surface area contributed by atoms with Crippen molar-refractivity contribution in [3.63, 3.8) is 0 Å². The van der Waals surface area contributed by atoms with Crippen molar-refractivity contribution in [1.82, 2.24) is 0 Å². The molecule has 0 aliphatic carbocycles. The van der Waals surface area contributed by atoms with Crippen LogP contribution in [-0.4, -0.2) is 11.1 Å². The minimum atomic E-state index is -0.858. The van der Waals surface area contributed by atoms with Gasteiger partial charge in [-0.1, -0.05) is 37.5 Å². The monoisotopic (exact) mass is 246 g/mol. The summed E-state index contributed by atoms with van der Waals surface area (Å²) in [5, 5.41) is 8.79. The molecule has 0 aliphatic rings. The summed E-state index contributed by atoms with van der Waals surface area (Å²) in [6.45, 7) is 3.71. The molecule has 0 heterocycles. The molecular formula is C16H22O2. The van der Waals surface area contributed by atoms with E-state index in [1.54, 1.807) is 12.1 Å². The minimum Gasteiger partial charge on any atom is -0.478 e. The van der Waals surface area contributed by atoms with E-state index in [4.69, 9.17) is 5.11 Å². The van der Waals surface area contributed by atoms with E-state index in [2.05, 4.69) is 6.58 Å². The Labute approximate surface area is 109 Å². The fraction of sp³-hybridized carbons (Fsp3) is 0.438. The quantitative estimate of drug-likeness (QED) is 0.516. The Balaban J connectivity index is 2.15. The number of carbonyl (C=O) groups is 1. The molecule has 0 spiro atoms. The van der Waals surface area contributed by atoms with Crippen LogP contribution in [-0.2, 0) is 6.42 Å². The van der Waals surface area contributed by atoms with Crippen LogP contribution in [0.5, 0.6) is 0 Å². The first-order valence-electron chi connectivity index (χ1n) is 6.67. The first-order chi connectivity index (χ1) is 8.74. The average Bonchev–Trinajstić information content (AvgIpc) is 2.38. The average molecular weight is 246 g/mol. The van der Waals surface area contributed by atoms with Gasteiger partial charge in [-0.05, 0) is 43.4 Å². The van der Waals surface area contributed by atoms with Crippen LogP contribution in [0.2, 0.25) is 0 Å². The summed E-state index contributed by atoms with van der Waals surface area (Å²) in [6.07, 6.45) is 10.4. The van der Waals surface area contributed by atoms with Crippen molar-refractivity contribution in [2.45, 2.75) is 44.9 Å². The van der Waals surface area contributed by atoms with Gasteiger partial charge in [0.25, 0.3) is 0 Å². The molecule has 0 atom stereocenters. The number of unbranched alkanes of at least 4 members (excludes halogenated alkanes) is 5. The number of hydrogen-bond donors (Lipinski definition) is 1. The molecule has 1 aromatic carbocycles. The molecule has 18 heavy (non-hydrogen) atoms. The smallest absolute Gasteiger partial charge is 0.335 e. The molecule has 0 saturated heterocycles. The second kappa shape index (κ2) is 8.51. The number of aromatic carboxylic acids is 1. The highest BCUT2D eigenvalue weighted by molar-refractivity contribution is 5.87. The summed E-state index contributed by atoms with van der Waals surface area (Å²) >= 11 is 0. The van der Waals surface area contributed by atoms with Crippen molar-refractivity contribution >= 4 is 5.97 Å². The van der Waals surface area contributed by atoms with Crippen molar-refractivity contribution < 1.29 is 9.90 Å². The lowest BCUT2D eigenvalue weighted by Crippen LogP contribution is -1.96. The molecule has 0 radical (unpaired) electrons. The summed E-state index contributed by atoms with van der Waals surface area (Å²) in [4.78, 5) is 10.7. The maximum Gasteiger partial charge on any atom is 0.335 e. The number of carboxylic acid groups (broad SMARTS) is 1. The number of carboxylic acids is 1. The van der Waals surface area contributed by atoms with Gasteiger partial charge in [-0.2, -0.15) is 0 Å². The summed E-state index contributed by atoms with van der Waals surface area (Å²) in [5.41, 5.74) is 1.59. The highest BCUT2D eigenvalue weighted by Gasteiger charge is 2.01. The van der Waals surface area contributed by atoms with Gasteiger partial charge in [-0.15, -0.1) is 6.58 Å². The predicted octanol–water partition coefficient (Wildman–Crippen LogP) is 4.45. The van der Waals surface area contributed by atoms with Crippen LogP contribution < -0.4 is 0 Å². The number of aryl methyl sites for hydroxylation is 1. The second-order valence-corrected chi connectivity index (χ2v) is 4.60. The Morgan fingerprint density at radius 1 is 1.06 bits per heavy atom. The van der Waals surface area contributed by atoms with Gasteiger partial charge in [0.15, 0.2) is 0 Å². The van der Waals surface area contributed by atoms with E-state index in [0.29, 0.717) is 5.56 Å². The Kier molecular flexibility index (Phi) is 6.85. The number of hydrogen-bond acceptors (Lipinski definition) is 1. The van der Waals surface area contributed by atoms with E-state index >= 15 is 0 Å². The lowest BCUT2D eigenvalue weighted by atomic mass is 10.0. The number of allylic oxidation sites excluding steroid dienone is 1. The molecule has 0 aliphatic heterocycles. The van der Waals surface area contributed by atoms with Gasteiger partial charge >= 0.3 is 5.97 Å². The largest absolute Gasteiger partial charge is 0.478 e. The van der Waals surface area contributed by atoms with Crippen LogP contribution in [0, 0.1) is 0 Å². The van der Waals surface area contributed by atoms with Gasteiger partial charge in [-0.25, -0.2) is 4.79 Å². The molecule has 0 fully saturated rings. The van der Waals surface area contributed by atoms with Gasteiger partial charge in [0.1, 0.15) is 0 Å². The minimum absolute atomic E-state index is 0.364. The molecule has 1 N–H and O–H groups in total. The molecule has 1 aromatic rings. The van der Waals surface area contributed by atoms with E-state index in [-0.39, 0.29) is 0 Å². The van der Waals surface area contributed by atoms with Crippen LogP contribution in [0.15, 0.2) is 36.9 Å². The zero-order chi connectivity index (χ0) is 13.2. The maximum absolute atomic E-state index is 10.7. The lowest BCUT2D eigenvalue weighted by Gasteiger charge is -2.02. The van der Waals surface area contributed by atoms with Crippen LogP contribution in [0.3, 0.4) is 0 Å². The van der Waals surface area contributed by atoms with Crippen LogP contribution in [0.25, 0.3) is 0 Å². The zero-order valence-electron chi connectivity index (χ0n) is 10.9. The molecular weight excluding hydrogens is 224 g/mol. The van der Waals surface area contributed by atoms with E-state index in [1.165, 1.54) is 37.7 Å². The lowest BCUT2D eigenvalue weighted by molar-refractivity contribution is 0.0697. The topological polar surface area (TPSA) is 37.3 Å². The Hall–Kier alpha value is -1.57. The molecule has 2 nitrogen and oxygen atoms in total. The van der Waals surface area contributed by atoms with E-state index in [1.807, 2.05) is 18.2 Å². The predicted molar refractivity (Wildman–Crippen MR) is 75.0 cm³/mol. The summed E-state index contributed by atoms with van der Waals surface area (Å²) in [6, 6.07) is 7.20. The Morgan fingerprint density at radius 2 is 1.67 bits per heavy atom. The Morgan fingerprint density at radius 3 is 2.28 bits per heavy atom. The molecule has 0 aromatic heterocycles. The molecule has 0 saturated carbocycles.